The van der Waals surface area contributed by atoms with Crippen molar-refractivity contribution >= 4 is 29.9 Å². The molecule has 0 aromatic carbocycles. The van der Waals surface area contributed by atoms with Gasteiger partial charge in [-0.2, -0.15) is 0 Å². The minimum absolute atomic E-state index is 0. The van der Waals surface area contributed by atoms with Crippen molar-refractivity contribution in [1.82, 2.24) is 10.2 Å². The lowest BCUT2D eigenvalue weighted by Crippen LogP contribution is -2.43. The number of hydrogen-bond donors (Lipinski definition) is 1. The molecule has 2 fully saturated rings. The van der Waals surface area contributed by atoms with Gasteiger partial charge in [0.2, 0.25) is 0 Å². The molecule has 0 aromatic heterocycles. The van der Waals surface area contributed by atoms with Crippen LogP contribution in [0.1, 0.15) is 32.1 Å². The first-order valence-corrected chi connectivity index (χ1v) is 7.82. The molecule has 124 valence electrons. The number of ether oxygens (including phenoxy) is 2. The predicted molar refractivity (Wildman–Crippen MR) is 96.6 cm³/mol. The molecule has 0 bridgehead atoms. The van der Waals surface area contributed by atoms with Crippen LogP contribution in [-0.2, 0) is 9.47 Å². The highest BCUT2D eigenvalue weighted by atomic mass is 127. The Kier molecular flexibility index (Phi) is 8.89. The molecule has 21 heavy (non-hydrogen) atoms. The molecule has 1 heterocycles. The molecular formula is C15H30IN3O2. The number of hydrogen-bond acceptors (Lipinski definition) is 3. The summed E-state index contributed by atoms with van der Waals surface area (Å²) < 4.78 is 10.4. The molecule has 0 radical (unpaired) electrons. The van der Waals surface area contributed by atoms with E-state index in [0.29, 0.717) is 18.6 Å². The number of nitrogens with zero attached hydrogens (tertiary/aromatic N) is 2. The van der Waals surface area contributed by atoms with Crippen LogP contribution in [0.25, 0.3) is 0 Å². The topological polar surface area (TPSA) is 46.1 Å². The van der Waals surface area contributed by atoms with E-state index in [1.165, 1.54) is 32.2 Å². The molecule has 0 unspecified atom stereocenters. The Morgan fingerprint density at radius 3 is 2.62 bits per heavy atom. The quantitative estimate of drug-likeness (QED) is 0.302. The van der Waals surface area contributed by atoms with Crippen LogP contribution < -0.4 is 5.32 Å². The second-order valence-electron chi connectivity index (χ2n) is 5.96. The smallest absolute Gasteiger partial charge is 0.193 e. The standard InChI is InChI=1S/C15H29N3O2.HI/c1-16-14(17-8-4-10-20-12-11-19-2)18-9-7-15(13-18)5-3-6-15;/h3-13H2,1-2H3,(H,16,17);1H. The summed E-state index contributed by atoms with van der Waals surface area (Å²) >= 11 is 0. The summed E-state index contributed by atoms with van der Waals surface area (Å²) in [4.78, 5) is 6.83. The maximum atomic E-state index is 5.46. The highest BCUT2D eigenvalue weighted by molar-refractivity contribution is 14.0. The molecule has 2 aliphatic rings. The number of rotatable bonds is 7. The Bertz CT molecular complexity index is 322. The van der Waals surface area contributed by atoms with Crippen molar-refractivity contribution in [2.45, 2.75) is 32.1 Å². The van der Waals surface area contributed by atoms with Crippen LogP contribution in [0.5, 0.6) is 0 Å². The molecule has 1 aliphatic heterocycles. The molecule has 5 nitrogen and oxygen atoms in total. The third kappa shape index (κ3) is 5.56. The minimum Gasteiger partial charge on any atom is -0.382 e. The van der Waals surface area contributed by atoms with Crippen molar-refractivity contribution in [3.8, 4) is 0 Å². The third-order valence-electron chi connectivity index (χ3n) is 4.54. The van der Waals surface area contributed by atoms with Crippen LogP contribution in [0.15, 0.2) is 4.99 Å². The lowest BCUT2D eigenvalue weighted by Gasteiger charge is -2.38. The number of likely N-dealkylation sites (tertiary alicyclic amines) is 1. The molecule has 1 saturated heterocycles. The Morgan fingerprint density at radius 1 is 1.24 bits per heavy atom. The molecule has 1 saturated carbocycles. The maximum Gasteiger partial charge on any atom is 0.193 e. The molecule has 1 N–H and O–H groups in total. The Morgan fingerprint density at radius 2 is 2.05 bits per heavy atom. The zero-order valence-electron chi connectivity index (χ0n) is 13.4. The second-order valence-corrected chi connectivity index (χ2v) is 5.96. The van der Waals surface area contributed by atoms with Crippen LogP contribution in [0.3, 0.4) is 0 Å². The highest BCUT2D eigenvalue weighted by Gasteiger charge is 2.43. The summed E-state index contributed by atoms with van der Waals surface area (Å²) in [7, 11) is 3.57. The van der Waals surface area contributed by atoms with Gasteiger partial charge in [-0.05, 0) is 31.1 Å². The van der Waals surface area contributed by atoms with Gasteiger partial charge in [-0.1, -0.05) is 6.42 Å². The van der Waals surface area contributed by atoms with Gasteiger partial charge in [-0.3, -0.25) is 4.99 Å². The van der Waals surface area contributed by atoms with E-state index in [4.69, 9.17) is 9.47 Å². The number of aliphatic imine (C=N–C) groups is 1. The van der Waals surface area contributed by atoms with Gasteiger partial charge in [-0.25, -0.2) is 0 Å². The monoisotopic (exact) mass is 411 g/mol. The van der Waals surface area contributed by atoms with Crippen molar-refractivity contribution in [2.75, 3.05) is 53.6 Å². The van der Waals surface area contributed by atoms with Crippen LogP contribution in [-0.4, -0.2) is 64.5 Å². The first-order chi connectivity index (χ1) is 9.79. The Hall–Kier alpha value is -0.0800. The molecule has 0 amide bonds. The van der Waals surface area contributed by atoms with E-state index in [-0.39, 0.29) is 24.0 Å². The van der Waals surface area contributed by atoms with Crippen molar-refractivity contribution in [3.63, 3.8) is 0 Å². The fraction of sp³-hybridized carbons (Fsp3) is 0.933. The Balaban J connectivity index is 0.00000220. The molecular weight excluding hydrogens is 381 g/mol. The van der Waals surface area contributed by atoms with Crippen LogP contribution in [0.2, 0.25) is 0 Å². The van der Waals surface area contributed by atoms with E-state index in [2.05, 4.69) is 15.2 Å². The lowest BCUT2D eigenvalue weighted by atomic mass is 9.68. The molecule has 1 aliphatic carbocycles. The number of guanidine groups is 1. The first kappa shape index (κ1) is 19.0. The lowest BCUT2D eigenvalue weighted by molar-refractivity contribution is 0.0698. The van der Waals surface area contributed by atoms with Gasteiger partial charge in [0.15, 0.2) is 5.96 Å². The van der Waals surface area contributed by atoms with E-state index in [9.17, 15) is 0 Å². The van der Waals surface area contributed by atoms with Gasteiger partial charge in [0.05, 0.1) is 13.2 Å². The van der Waals surface area contributed by atoms with E-state index in [1.807, 2.05) is 7.05 Å². The third-order valence-corrected chi connectivity index (χ3v) is 4.54. The average Bonchev–Trinajstić information content (AvgIpc) is 2.87. The SMILES string of the molecule is CN=C(NCCCOCCOC)N1CCC2(CCC2)C1.I. The van der Waals surface area contributed by atoms with Gasteiger partial charge >= 0.3 is 0 Å². The summed E-state index contributed by atoms with van der Waals surface area (Å²) in [6.07, 6.45) is 6.58. The van der Waals surface area contributed by atoms with Gasteiger partial charge in [-0.15, -0.1) is 24.0 Å². The van der Waals surface area contributed by atoms with E-state index in [1.54, 1.807) is 7.11 Å². The molecule has 2 rings (SSSR count). The molecule has 0 aromatic rings. The highest BCUT2D eigenvalue weighted by Crippen LogP contribution is 2.47. The van der Waals surface area contributed by atoms with Crippen molar-refractivity contribution < 1.29 is 9.47 Å². The summed E-state index contributed by atoms with van der Waals surface area (Å²) in [6, 6.07) is 0. The van der Waals surface area contributed by atoms with Gasteiger partial charge < -0.3 is 19.7 Å². The van der Waals surface area contributed by atoms with E-state index in [0.717, 1.165) is 32.1 Å². The molecule has 6 heteroatoms. The van der Waals surface area contributed by atoms with Crippen molar-refractivity contribution in [2.24, 2.45) is 10.4 Å². The predicted octanol–water partition coefficient (Wildman–Crippen LogP) is 2.11. The van der Waals surface area contributed by atoms with Gasteiger partial charge in [0.1, 0.15) is 0 Å². The van der Waals surface area contributed by atoms with Gasteiger partial charge in [0, 0.05) is 40.4 Å². The zero-order chi connectivity index (χ0) is 14.3. The largest absolute Gasteiger partial charge is 0.382 e. The summed E-state index contributed by atoms with van der Waals surface area (Å²) in [5.41, 5.74) is 0.626. The number of nitrogens with one attached hydrogen (secondary N) is 1. The van der Waals surface area contributed by atoms with Crippen molar-refractivity contribution in [1.29, 1.82) is 0 Å². The van der Waals surface area contributed by atoms with Crippen molar-refractivity contribution in [3.05, 3.63) is 0 Å². The fourth-order valence-electron chi connectivity index (χ4n) is 3.15. The van der Waals surface area contributed by atoms with E-state index >= 15 is 0 Å². The zero-order valence-corrected chi connectivity index (χ0v) is 15.7. The van der Waals surface area contributed by atoms with Crippen LogP contribution in [0, 0.1) is 5.41 Å². The Labute approximate surface area is 145 Å². The summed E-state index contributed by atoms with van der Waals surface area (Å²) in [6.45, 7) is 5.40. The van der Waals surface area contributed by atoms with Gasteiger partial charge in [0.25, 0.3) is 0 Å². The first-order valence-electron chi connectivity index (χ1n) is 7.82. The summed E-state index contributed by atoms with van der Waals surface area (Å²) in [5, 5.41) is 3.45. The van der Waals surface area contributed by atoms with E-state index < -0.39 is 0 Å². The number of methoxy groups -OCH3 is 1. The second kappa shape index (κ2) is 9.84. The van der Waals surface area contributed by atoms with Crippen LogP contribution in [0.4, 0.5) is 0 Å². The molecule has 0 atom stereocenters. The normalized spacial score (nSPS) is 20.3. The molecule has 1 spiro atoms. The average molecular weight is 411 g/mol. The fourth-order valence-corrected chi connectivity index (χ4v) is 3.15. The minimum atomic E-state index is 0. The maximum absolute atomic E-state index is 5.46. The summed E-state index contributed by atoms with van der Waals surface area (Å²) in [5.74, 6) is 1.06. The number of halogens is 1. The van der Waals surface area contributed by atoms with Crippen LogP contribution >= 0.6 is 24.0 Å².